The van der Waals surface area contributed by atoms with Crippen LogP contribution in [0.25, 0.3) is 11.0 Å². The number of aromatic amines is 1. The average Bonchev–Trinajstić information content (AvgIpc) is 3.19. The third-order valence-electron chi connectivity index (χ3n) is 5.81. The van der Waals surface area contributed by atoms with Crippen LogP contribution in [0.1, 0.15) is 11.1 Å². The van der Waals surface area contributed by atoms with Gasteiger partial charge in [0.25, 0.3) is 0 Å². The lowest BCUT2D eigenvalue weighted by molar-refractivity contribution is -0.142. The molecule has 2 amide bonds. The number of nitrogens with one attached hydrogen (secondary N) is 3. The number of aromatic nitrogens is 2. The third kappa shape index (κ3) is 6.06. The average molecular weight is 487 g/mol. The molecule has 2 atom stereocenters. The number of nitrogens with zero attached hydrogens (tertiary/aromatic N) is 1. The zero-order valence-corrected chi connectivity index (χ0v) is 19.4. The van der Waals surface area contributed by atoms with Crippen molar-refractivity contribution in [2.24, 2.45) is 0 Å². The molecule has 0 aliphatic heterocycles. The first-order chi connectivity index (χ1) is 17.4. The lowest BCUT2D eigenvalue weighted by Crippen LogP contribution is -2.53. The molecule has 0 aliphatic rings. The lowest BCUT2D eigenvalue weighted by Gasteiger charge is -2.22. The fraction of sp³-hybridized carbons (Fsp3) is 0.185. The van der Waals surface area contributed by atoms with Crippen molar-refractivity contribution in [1.82, 2.24) is 20.2 Å². The summed E-state index contributed by atoms with van der Waals surface area (Å²) in [7, 11) is 0. The molecule has 4 aromatic rings. The van der Waals surface area contributed by atoms with Crippen molar-refractivity contribution in [3.05, 3.63) is 107 Å². The van der Waals surface area contributed by atoms with Crippen LogP contribution in [0.5, 0.6) is 0 Å². The summed E-state index contributed by atoms with van der Waals surface area (Å²) in [5, 5.41) is 14.9. The molecule has 4 N–H and O–H groups in total. The number of rotatable bonds is 10. The first kappa shape index (κ1) is 24.5. The number of para-hydroxylation sites is 2. The highest BCUT2D eigenvalue weighted by molar-refractivity contribution is 5.91. The Morgan fingerprint density at radius 3 is 1.94 bits per heavy atom. The minimum Gasteiger partial charge on any atom is -0.480 e. The summed E-state index contributed by atoms with van der Waals surface area (Å²) in [6.45, 7) is -0.298. The predicted octanol–water partition coefficient (Wildman–Crippen LogP) is 1.87. The molecule has 9 nitrogen and oxygen atoms in total. The molecule has 1 heterocycles. The number of hydrogen-bond donors (Lipinski definition) is 4. The van der Waals surface area contributed by atoms with Gasteiger partial charge in [-0.25, -0.2) is 9.59 Å². The fourth-order valence-corrected chi connectivity index (χ4v) is 4.03. The van der Waals surface area contributed by atoms with E-state index in [4.69, 9.17) is 0 Å². The number of hydrogen-bond acceptors (Lipinski definition) is 4. The number of carboxylic acids is 1. The van der Waals surface area contributed by atoms with Crippen molar-refractivity contribution in [1.29, 1.82) is 0 Å². The first-order valence-corrected chi connectivity index (χ1v) is 11.5. The molecular weight excluding hydrogens is 460 g/mol. The number of aliphatic carboxylic acids is 1. The molecule has 0 spiro atoms. The molecule has 0 unspecified atom stereocenters. The van der Waals surface area contributed by atoms with Crippen LogP contribution < -0.4 is 16.3 Å². The maximum atomic E-state index is 13.2. The number of carboxylic acid groups (broad SMARTS) is 1. The van der Waals surface area contributed by atoms with E-state index in [-0.39, 0.29) is 19.4 Å². The Hall–Kier alpha value is -4.66. The Bertz CT molecular complexity index is 1410. The van der Waals surface area contributed by atoms with E-state index in [1.807, 2.05) is 36.4 Å². The van der Waals surface area contributed by atoms with Gasteiger partial charge in [-0.3, -0.25) is 14.2 Å². The smallest absolute Gasteiger partial charge is 0.326 e. The zero-order chi connectivity index (χ0) is 25.5. The van der Waals surface area contributed by atoms with Crippen LogP contribution in [0.2, 0.25) is 0 Å². The van der Waals surface area contributed by atoms with Crippen molar-refractivity contribution in [3.8, 4) is 0 Å². The molecule has 36 heavy (non-hydrogen) atoms. The van der Waals surface area contributed by atoms with Gasteiger partial charge in [-0.05, 0) is 23.3 Å². The van der Waals surface area contributed by atoms with Gasteiger partial charge in [-0.1, -0.05) is 72.8 Å². The zero-order valence-electron chi connectivity index (χ0n) is 19.4. The van der Waals surface area contributed by atoms with Crippen molar-refractivity contribution in [2.75, 3.05) is 0 Å². The van der Waals surface area contributed by atoms with Crippen molar-refractivity contribution < 1.29 is 19.5 Å². The van der Waals surface area contributed by atoms with Crippen LogP contribution in [0.4, 0.5) is 0 Å². The second kappa shape index (κ2) is 11.2. The predicted molar refractivity (Wildman–Crippen MR) is 134 cm³/mol. The monoisotopic (exact) mass is 486 g/mol. The van der Waals surface area contributed by atoms with E-state index >= 15 is 0 Å². The van der Waals surface area contributed by atoms with E-state index in [1.165, 1.54) is 4.57 Å². The van der Waals surface area contributed by atoms with Gasteiger partial charge in [0.2, 0.25) is 11.8 Å². The quantitative estimate of drug-likeness (QED) is 0.272. The SMILES string of the molecule is O=C(Cn1c(=O)[nH]c2ccccc21)N[C@@H](Cc1ccccc1)C(=O)N[C@@H](Cc1ccccc1)C(=O)O. The fourth-order valence-electron chi connectivity index (χ4n) is 4.03. The number of benzene rings is 3. The maximum absolute atomic E-state index is 13.2. The topological polar surface area (TPSA) is 133 Å². The number of H-pyrrole nitrogens is 1. The molecule has 3 aromatic carbocycles. The number of carbonyl (C=O) groups is 3. The van der Waals surface area contributed by atoms with E-state index in [1.54, 1.807) is 48.5 Å². The maximum Gasteiger partial charge on any atom is 0.326 e. The third-order valence-corrected chi connectivity index (χ3v) is 5.81. The van der Waals surface area contributed by atoms with Crippen LogP contribution in [-0.2, 0) is 33.8 Å². The summed E-state index contributed by atoms with van der Waals surface area (Å²) in [4.78, 5) is 53.1. The van der Waals surface area contributed by atoms with Gasteiger partial charge in [0.15, 0.2) is 0 Å². The van der Waals surface area contributed by atoms with Gasteiger partial charge in [0, 0.05) is 12.8 Å². The number of amides is 2. The molecule has 184 valence electrons. The molecule has 1 aromatic heterocycles. The molecule has 4 rings (SSSR count). The van der Waals surface area contributed by atoms with Gasteiger partial charge < -0.3 is 20.7 Å². The summed E-state index contributed by atoms with van der Waals surface area (Å²) < 4.78 is 1.29. The van der Waals surface area contributed by atoms with Crippen molar-refractivity contribution >= 4 is 28.8 Å². The van der Waals surface area contributed by atoms with Gasteiger partial charge in [-0.2, -0.15) is 0 Å². The van der Waals surface area contributed by atoms with Gasteiger partial charge in [0.1, 0.15) is 18.6 Å². The molecular formula is C27H26N4O5. The molecule has 0 aliphatic carbocycles. The van der Waals surface area contributed by atoms with E-state index in [0.717, 1.165) is 11.1 Å². The Morgan fingerprint density at radius 2 is 1.33 bits per heavy atom. The summed E-state index contributed by atoms with van der Waals surface area (Å²) in [5.74, 6) is -2.35. The highest BCUT2D eigenvalue weighted by Gasteiger charge is 2.27. The van der Waals surface area contributed by atoms with Gasteiger partial charge in [0.05, 0.1) is 11.0 Å². The standard InChI is InChI=1S/C27H26N4O5/c32-24(17-31-23-14-8-7-13-20(23)30-27(31)36)28-21(15-18-9-3-1-4-10-18)25(33)29-22(26(34)35)16-19-11-5-2-6-12-19/h1-14,21-22H,15-17H2,(H,28,32)(H,29,33)(H,30,36)(H,34,35)/t21-,22-/m0/s1. The van der Waals surface area contributed by atoms with E-state index in [0.29, 0.717) is 11.0 Å². The number of imidazole rings is 1. The first-order valence-electron chi connectivity index (χ1n) is 11.5. The summed E-state index contributed by atoms with van der Waals surface area (Å²) >= 11 is 0. The minimum atomic E-state index is -1.18. The number of fused-ring (bicyclic) bond motifs is 1. The Morgan fingerprint density at radius 1 is 0.778 bits per heavy atom. The van der Waals surface area contributed by atoms with Gasteiger partial charge in [-0.15, -0.1) is 0 Å². The van der Waals surface area contributed by atoms with Crippen LogP contribution >= 0.6 is 0 Å². The van der Waals surface area contributed by atoms with E-state index in [2.05, 4.69) is 15.6 Å². The normalized spacial score (nSPS) is 12.6. The van der Waals surface area contributed by atoms with Crippen molar-refractivity contribution in [3.63, 3.8) is 0 Å². The van der Waals surface area contributed by atoms with Crippen LogP contribution in [0.3, 0.4) is 0 Å². The van der Waals surface area contributed by atoms with Crippen LogP contribution in [0, 0.1) is 0 Å². The largest absolute Gasteiger partial charge is 0.480 e. The molecule has 0 saturated heterocycles. The Labute approximate surface area is 206 Å². The second-order valence-corrected chi connectivity index (χ2v) is 8.43. The molecule has 0 fully saturated rings. The second-order valence-electron chi connectivity index (χ2n) is 8.43. The number of carbonyl (C=O) groups excluding carboxylic acids is 2. The van der Waals surface area contributed by atoms with Crippen molar-refractivity contribution in [2.45, 2.75) is 31.5 Å². The van der Waals surface area contributed by atoms with Gasteiger partial charge >= 0.3 is 11.7 Å². The Balaban J connectivity index is 1.52. The molecule has 9 heteroatoms. The molecule has 0 bridgehead atoms. The van der Waals surface area contributed by atoms with Crippen LogP contribution in [-0.4, -0.2) is 44.5 Å². The Kier molecular flexibility index (Phi) is 7.60. The van der Waals surface area contributed by atoms with E-state index in [9.17, 15) is 24.3 Å². The molecule has 0 radical (unpaired) electrons. The minimum absolute atomic E-state index is 0.0959. The van der Waals surface area contributed by atoms with E-state index < -0.39 is 35.6 Å². The van der Waals surface area contributed by atoms with Crippen LogP contribution in [0.15, 0.2) is 89.7 Å². The highest BCUT2D eigenvalue weighted by atomic mass is 16.4. The summed E-state index contributed by atoms with van der Waals surface area (Å²) in [5.41, 5.74) is 2.27. The molecule has 0 saturated carbocycles. The highest BCUT2D eigenvalue weighted by Crippen LogP contribution is 2.10. The summed E-state index contributed by atoms with van der Waals surface area (Å²) in [6, 6.07) is 22.8. The lowest BCUT2D eigenvalue weighted by atomic mass is 10.0. The summed E-state index contributed by atoms with van der Waals surface area (Å²) in [6.07, 6.45) is 0.248.